The van der Waals surface area contributed by atoms with Gasteiger partial charge in [-0.05, 0) is 30.5 Å². The second kappa shape index (κ2) is 5.00. The van der Waals surface area contributed by atoms with Crippen LogP contribution in [-0.2, 0) is 20.0 Å². The molecule has 1 N–H and O–H groups in total. The highest BCUT2D eigenvalue weighted by atomic mass is 16.4. The summed E-state index contributed by atoms with van der Waals surface area (Å²) in [4.78, 5) is 13.3. The molecule has 0 amide bonds. The summed E-state index contributed by atoms with van der Waals surface area (Å²) >= 11 is 0. The fourth-order valence-corrected chi connectivity index (χ4v) is 2.78. The van der Waals surface area contributed by atoms with Crippen LogP contribution in [0, 0.1) is 0 Å². The minimum atomic E-state index is -0.940. The zero-order chi connectivity index (χ0) is 14.1. The van der Waals surface area contributed by atoms with Crippen LogP contribution in [-0.4, -0.2) is 27.4 Å². The van der Waals surface area contributed by atoms with Crippen LogP contribution in [0.15, 0.2) is 30.3 Å². The highest BCUT2D eigenvalue weighted by Crippen LogP contribution is 2.27. The number of benzene rings is 1. The van der Waals surface area contributed by atoms with E-state index < -0.39 is 5.97 Å². The maximum atomic E-state index is 11.1. The second-order valence-electron chi connectivity index (χ2n) is 5.10. The summed E-state index contributed by atoms with van der Waals surface area (Å²) < 4.78 is 1.42. The van der Waals surface area contributed by atoms with Gasteiger partial charge in [-0.15, -0.1) is 0 Å². The maximum Gasteiger partial charge on any atom is 0.354 e. The molecule has 5 nitrogen and oxygen atoms in total. The number of hydrogen-bond donors (Lipinski definition) is 1. The van der Waals surface area contributed by atoms with Crippen LogP contribution in [0.2, 0.25) is 0 Å². The zero-order valence-electron chi connectivity index (χ0n) is 11.4. The molecule has 0 aliphatic carbocycles. The number of carbonyl (C=O) groups is 1. The van der Waals surface area contributed by atoms with E-state index in [-0.39, 0.29) is 5.69 Å². The highest BCUT2D eigenvalue weighted by Gasteiger charge is 2.19. The number of nitrogens with zero attached hydrogens (tertiary/aromatic N) is 3. The molecule has 3 rings (SSSR count). The van der Waals surface area contributed by atoms with Gasteiger partial charge in [0.15, 0.2) is 0 Å². The summed E-state index contributed by atoms with van der Waals surface area (Å²) in [5, 5.41) is 13.4. The molecular weight excluding hydrogens is 254 g/mol. The van der Waals surface area contributed by atoms with E-state index in [0.29, 0.717) is 6.54 Å². The molecule has 0 radical (unpaired) electrons. The topological polar surface area (TPSA) is 58.4 Å². The van der Waals surface area contributed by atoms with Crippen LogP contribution in [0.5, 0.6) is 0 Å². The number of aromatic nitrogens is 2. The van der Waals surface area contributed by atoms with Gasteiger partial charge in [-0.25, -0.2) is 4.79 Å². The Morgan fingerprint density at radius 2 is 2.20 bits per heavy atom. The van der Waals surface area contributed by atoms with Crippen LogP contribution in [0.3, 0.4) is 0 Å². The van der Waals surface area contributed by atoms with Crippen LogP contribution in [0.4, 0.5) is 5.69 Å². The van der Waals surface area contributed by atoms with Gasteiger partial charge >= 0.3 is 5.97 Å². The summed E-state index contributed by atoms with van der Waals surface area (Å²) in [5.41, 5.74) is 3.61. The van der Waals surface area contributed by atoms with Crippen LogP contribution >= 0.6 is 0 Å². The number of aromatic carboxylic acids is 1. The van der Waals surface area contributed by atoms with E-state index in [1.54, 1.807) is 13.1 Å². The lowest BCUT2D eigenvalue weighted by molar-refractivity contribution is 0.0685. The minimum Gasteiger partial charge on any atom is -0.477 e. The van der Waals surface area contributed by atoms with E-state index in [9.17, 15) is 4.79 Å². The molecule has 1 aromatic heterocycles. The molecule has 0 saturated carbocycles. The van der Waals surface area contributed by atoms with E-state index in [1.165, 1.54) is 15.9 Å². The number of carboxylic acid groups (broad SMARTS) is 1. The summed E-state index contributed by atoms with van der Waals surface area (Å²) in [6.07, 6.45) is 2.23. The summed E-state index contributed by atoms with van der Waals surface area (Å²) in [7, 11) is 1.66. The SMILES string of the molecule is Cn1nc(CN2CCCc3ccccc32)cc1C(=O)O. The Labute approximate surface area is 117 Å². The second-order valence-corrected chi connectivity index (χ2v) is 5.10. The van der Waals surface area contributed by atoms with Gasteiger partial charge < -0.3 is 10.0 Å². The van der Waals surface area contributed by atoms with E-state index in [0.717, 1.165) is 25.1 Å². The standard InChI is InChI=1S/C15H17N3O2/c1-17-14(15(19)20)9-12(16-17)10-18-8-4-6-11-5-2-3-7-13(11)18/h2-3,5,7,9H,4,6,8,10H2,1H3,(H,19,20). The summed E-state index contributed by atoms with van der Waals surface area (Å²) in [5.74, 6) is -0.940. The van der Waals surface area contributed by atoms with Gasteiger partial charge in [0.05, 0.1) is 12.2 Å². The Balaban J connectivity index is 1.86. The van der Waals surface area contributed by atoms with Crippen molar-refractivity contribution in [2.75, 3.05) is 11.4 Å². The van der Waals surface area contributed by atoms with Gasteiger partial charge in [-0.3, -0.25) is 4.68 Å². The first-order valence-electron chi connectivity index (χ1n) is 6.74. The van der Waals surface area contributed by atoms with Crippen molar-refractivity contribution in [3.05, 3.63) is 47.3 Å². The van der Waals surface area contributed by atoms with Gasteiger partial charge in [0.1, 0.15) is 5.69 Å². The predicted molar refractivity (Wildman–Crippen MR) is 76.0 cm³/mol. The average Bonchev–Trinajstić information content (AvgIpc) is 2.80. The Morgan fingerprint density at radius 3 is 2.95 bits per heavy atom. The fraction of sp³-hybridized carbons (Fsp3) is 0.333. The molecule has 0 unspecified atom stereocenters. The normalized spacial score (nSPS) is 14.2. The smallest absolute Gasteiger partial charge is 0.354 e. The molecule has 104 valence electrons. The van der Waals surface area contributed by atoms with E-state index >= 15 is 0 Å². The minimum absolute atomic E-state index is 0.227. The molecule has 0 fully saturated rings. The van der Waals surface area contributed by atoms with Crippen LogP contribution in [0.1, 0.15) is 28.2 Å². The van der Waals surface area contributed by atoms with Crippen molar-refractivity contribution in [2.24, 2.45) is 7.05 Å². The van der Waals surface area contributed by atoms with Gasteiger partial charge in [0.2, 0.25) is 0 Å². The van der Waals surface area contributed by atoms with Gasteiger partial charge in [0.25, 0.3) is 0 Å². The van der Waals surface area contributed by atoms with Crippen molar-refractivity contribution >= 4 is 11.7 Å². The van der Waals surface area contributed by atoms with Crippen molar-refractivity contribution in [2.45, 2.75) is 19.4 Å². The number of hydrogen-bond acceptors (Lipinski definition) is 3. The molecule has 20 heavy (non-hydrogen) atoms. The molecule has 1 aromatic carbocycles. The first-order chi connectivity index (χ1) is 9.65. The number of aryl methyl sites for hydroxylation is 2. The van der Waals surface area contributed by atoms with Gasteiger partial charge in [-0.2, -0.15) is 5.10 Å². The van der Waals surface area contributed by atoms with E-state index in [1.807, 2.05) is 6.07 Å². The summed E-state index contributed by atoms with van der Waals surface area (Å²) in [6, 6.07) is 10.0. The van der Waals surface area contributed by atoms with E-state index in [4.69, 9.17) is 5.11 Å². The predicted octanol–water partition coefficient (Wildman–Crippen LogP) is 2.07. The molecule has 1 aliphatic heterocycles. The third kappa shape index (κ3) is 2.27. The van der Waals surface area contributed by atoms with Crippen molar-refractivity contribution in [1.82, 2.24) is 9.78 Å². The molecule has 0 bridgehead atoms. The lowest BCUT2D eigenvalue weighted by Gasteiger charge is -2.30. The molecule has 0 atom stereocenters. The molecule has 0 spiro atoms. The number of anilines is 1. The molecule has 0 saturated heterocycles. The van der Waals surface area contributed by atoms with Crippen LogP contribution in [0.25, 0.3) is 0 Å². The van der Waals surface area contributed by atoms with Crippen molar-refractivity contribution < 1.29 is 9.90 Å². The van der Waals surface area contributed by atoms with E-state index in [2.05, 4.69) is 28.2 Å². The van der Waals surface area contributed by atoms with Crippen molar-refractivity contribution in [1.29, 1.82) is 0 Å². The fourth-order valence-electron chi connectivity index (χ4n) is 2.78. The lowest BCUT2D eigenvalue weighted by Crippen LogP contribution is -2.28. The Hall–Kier alpha value is -2.30. The monoisotopic (exact) mass is 271 g/mol. The number of para-hydroxylation sites is 1. The Kier molecular flexibility index (Phi) is 3.18. The maximum absolute atomic E-state index is 11.1. The zero-order valence-corrected chi connectivity index (χ0v) is 11.4. The molecule has 2 aromatic rings. The highest BCUT2D eigenvalue weighted by molar-refractivity contribution is 5.85. The van der Waals surface area contributed by atoms with Crippen LogP contribution < -0.4 is 4.90 Å². The third-order valence-electron chi connectivity index (χ3n) is 3.71. The molecule has 2 heterocycles. The Morgan fingerprint density at radius 1 is 1.40 bits per heavy atom. The number of rotatable bonds is 3. The molecule has 5 heteroatoms. The number of fused-ring (bicyclic) bond motifs is 1. The third-order valence-corrected chi connectivity index (χ3v) is 3.71. The quantitative estimate of drug-likeness (QED) is 0.928. The first kappa shape index (κ1) is 12.7. The van der Waals surface area contributed by atoms with Crippen molar-refractivity contribution in [3.8, 4) is 0 Å². The van der Waals surface area contributed by atoms with Gasteiger partial charge in [-0.1, -0.05) is 18.2 Å². The largest absolute Gasteiger partial charge is 0.477 e. The molecule has 1 aliphatic rings. The van der Waals surface area contributed by atoms with Gasteiger partial charge in [0, 0.05) is 19.3 Å². The first-order valence-corrected chi connectivity index (χ1v) is 6.74. The number of carboxylic acids is 1. The summed E-state index contributed by atoms with van der Waals surface area (Å²) in [6.45, 7) is 1.63. The molecular formula is C15H17N3O2. The lowest BCUT2D eigenvalue weighted by atomic mass is 10.0. The average molecular weight is 271 g/mol. The van der Waals surface area contributed by atoms with Crippen molar-refractivity contribution in [3.63, 3.8) is 0 Å². The Bertz CT molecular complexity index is 648.